The third-order valence-corrected chi connectivity index (χ3v) is 2.84. The number of halogens is 5. The van der Waals surface area contributed by atoms with E-state index in [1.807, 2.05) is 0 Å². The van der Waals surface area contributed by atoms with E-state index < -0.39 is 44.0 Å². The van der Waals surface area contributed by atoms with Gasteiger partial charge in [0.1, 0.15) is 0 Å². The van der Waals surface area contributed by atoms with Crippen LogP contribution in [0.3, 0.4) is 0 Å². The van der Waals surface area contributed by atoms with Gasteiger partial charge in [-0.05, 0) is 28.1 Å². The Kier molecular flexibility index (Phi) is 4.33. The molecule has 1 aromatic carbocycles. The van der Waals surface area contributed by atoms with Crippen LogP contribution in [0, 0.1) is 10.1 Å². The molecule has 1 aromatic rings. The molecule has 1 rings (SSSR count). The minimum Gasteiger partial charge on any atom is -0.293 e. The highest BCUT2D eigenvalue weighted by Crippen LogP contribution is 2.37. The number of nitrogens with zero attached hydrogens (tertiary/aromatic N) is 1. The van der Waals surface area contributed by atoms with Gasteiger partial charge in [0, 0.05) is 0 Å². The molecule has 4 nitrogen and oxygen atoms in total. The zero-order chi connectivity index (χ0) is 14.1. The molecule has 0 spiro atoms. The van der Waals surface area contributed by atoms with Crippen LogP contribution in [-0.2, 0) is 6.18 Å². The normalized spacial score (nSPS) is 11.4. The van der Waals surface area contributed by atoms with Gasteiger partial charge in [-0.1, -0.05) is 0 Å². The fourth-order valence-electron chi connectivity index (χ4n) is 1.23. The van der Waals surface area contributed by atoms with Crippen molar-refractivity contribution in [2.45, 2.75) is 6.18 Å². The zero-order valence-electron chi connectivity index (χ0n) is 8.42. The fraction of sp³-hybridized carbons (Fsp3) is 0.222. The van der Waals surface area contributed by atoms with E-state index >= 15 is 0 Å². The van der Waals surface area contributed by atoms with Crippen molar-refractivity contribution in [3.8, 4) is 0 Å². The molecule has 0 aliphatic heterocycles. The number of alkyl halides is 4. The van der Waals surface area contributed by atoms with Gasteiger partial charge in [-0.3, -0.25) is 14.9 Å². The second kappa shape index (κ2) is 5.23. The van der Waals surface area contributed by atoms with E-state index in [0.29, 0.717) is 12.1 Å². The van der Waals surface area contributed by atoms with Gasteiger partial charge in [0.25, 0.3) is 5.69 Å². The molecule has 0 radical (unpaired) electrons. The molecule has 9 heteroatoms. The van der Waals surface area contributed by atoms with Gasteiger partial charge in [0.05, 0.1) is 26.4 Å². The molecule has 0 N–H and O–H groups in total. The molecular weight excluding hydrogens is 342 g/mol. The molecule has 98 valence electrons. The molecule has 0 aliphatic carbocycles. The van der Waals surface area contributed by atoms with Crippen LogP contribution in [0.2, 0.25) is 0 Å². The Morgan fingerprint density at radius 3 is 2.39 bits per heavy atom. The minimum atomic E-state index is -4.71. The number of carbonyl (C=O) groups is 1. The van der Waals surface area contributed by atoms with E-state index in [9.17, 15) is 28.1 Å². The summed E-state index contributed by atoms with van der Waals surface area (Å²) in [7, 11) is 0. The molecule has 0 saturated heterocycles. The van der Waals surface area contributed by atoms with Crippen LogP contribution in [0.1, 0.15) is 15.9 Å². The van der Waals surface area contributed by atoms with Crippen molar-refractivity contribution in [2.75, 3.05) is 5.88 Å². The summed E-state index contributed by atoms with van der Waals surface area (Å²) >= 11 is 7.86. The van der Waals surface area contributed by atoms with Gasteiger partial charge < -0.3 is 0 Å². The van der Waals surface area contributed by atoms with E-state index in [0.717, 1.165) is 0 Å². The van der Waals surface area contributed by atoms with E-state index in [1.54, 1.807) is 0 Å². The molecule has 0 saturated carbocycles. The predicted molar refractivity (Wildman–Crippen MR) is 60.8 cm³/mol. The van der Waals surface area contributed by atoms with Crippen LogP contribution >= 0.6 is 27.5 Å². The van der Waals surface area contributed by atoms with Gasteiger partial charge in [-0.2, -0.15) is 13.2 Å². The van der Waals surface area contributed by atoms with Gasteiger partial charge in [0.2, 0.25) is 0 Å². The van der Waals surface area contributed by atoms with Gasteiger partial charge in [0.15, 0.2) is 5.78 Å². The lowest BCUT2D eigenvalue weighted by atomic mass is 10.1. The highest BCUT2D eigenvalue weighted by Gasteiger charge is 2.35. The van der Waals surface area contributed by atoms with Gasteiger partial charge in [-0.25, -0.2) is 0 Å². The van der Waals surface area contributed by atoms with Crippen LogP contribution in [0.25, 0.3) is 0 Å². The first-order chi connectivity index (χ1) is 8.18. The molecule has 0 unspecified atom stereocenters. The summed E-state index contributed by atoms with van der Waals surface area (Å²) < 4.78 is 37.1. The number of benzene rings is 1. The van der Waals surface area contributed by atoms with E-state index in [-0.39, 0.29) is 0 Å². The maximum absolute atomic E-state index is 12.5. The lowest BCUT2D eigenvalue weighted by Gasteiger charge is -2.09. The summed E-state index contributed by atoms with van der Waals surface area (Å²) in [5, 5.41) is 10.7. The molecule has 0 amide bonds. The number of hydrogen-bond acceptors (Lipinski definition) is 3. The average Bonchev–Trinajstić information content (AvgIpc) is 2.25. The Morgan fingerprint density at radius 1 is 1.44 bits per heavy atom. The summed E-state index contributed by atoms with van der Waals surface area (Å²) in [6.07, 6.45) is -4.71. The second-order valence-electron chi connectivity index (χ2n) is 3.17. The van der Waals surface area contributed by atoms with E-state index in [4.69, 9.17) is 11.6 Å². The van der Waals surface area contributed by atoms with Crippen molar-refractivity contribution < 1.29 is 22.9 Å². The maximum atomic E-state index is 12.5. The summed E-state index contributed by atoms with van der Waals surface area (Å²) in [4.78, 5) is 21.1. The highest BCUT2D eigenvalue weighted by atomic mass is 79.9. The van der Waals surface area contributed by atoms with E-state index in [1.165, 1.54) is 0 Å². The number of Topliss-reactive ketones (excluding diaryl/α,β-unsaturated/α-hetero) is 1. The topological polar surface area (TPSA) is 60.2 Å². The number of rotatable bonds is 3. The van der Waals surface area contributed by atoms with Crippen molar-refractivity contribution in [3.05, 3.63) is 37.8 Å². The smallest absolute Gasteiger partial charge is 0.293 e. The number of ketones is 1. The zero-order valence-corrected chi connectivity index (χ0v) is 10.8. The molecule has 0 bridgehead atoms. The third-order valence-electron chi connectivity index (χ3n) is 2.00. The Hall–Kier alpha value is -1.15. The number of nitro benzene ring substituents is 1. The summed E-state index contributed by atoms with van der Waals surface area (Å²) in [5.74, 6) is -1.59. The third kappa shape index (κ3) is 2.99. The van der Waals surface area contributed by atoms with Crippen molar-refractivity contribution in [1.82, 2.24) is 0 Å². The SMILES string of the molecule is O=C(CCl)c1cc(C(F)(F)F)cc(Br)c1[N+](=O)[O-]. The quantitative estimate of drug-likeness (QED) is 0.362. The first-order valence-corrected chi connectivity index (χ1v) is 5.65. The molecule has 18 heavy (non-hydrogen) atoms. The first-order valence-electron chi connectivity index (χ1n) is 4.32. The molecule has 0 fully saturated rings. The average molecular weight is 346 g/mol. The van der Waals surface area contributed by atoms with Crippen LogP contribution in [0.15, 0.2) is 16.6 Å². The van der Waals surface area contributed by atoms with Crippen molar-refractivity contribution in [3.63, 3.8) is 0 Å². The Bertz CT molecular complexity index is 519. The van der Waals surface area contributed by atoms with Crippen molar-refractivity contribution in [1.29, 1.82) is 0 Å². The summed E-state index contributed by atoms with van der Waals surface area (Å²) in [5.41, 5.74) is -2.56. The van der Waals surface area contributed by atoms with Crippen LogP contribution in [0.5, 0.6) is 0 Å². The monoisotopic (exact) mass is 345 g/mol. The molecule has 0 heterocycles. The Labute approximate surface area is 112 Å². The lowest BCUT2D eigenvalue weighted by Crippen LogP contribution is -2.11. The van der Waals surface area contributed by atoms with Crippen LogP contribution < -0.4 is 0 Å². The first kappa shape index (κ1) is 14.9. The summed E-state index contributed by atoms with van der Waals surface area (Å²) in [6, 6.07) is 0.969. The highest BCUT2D eigenvalue weighted by molar-refractivity contribution is 9.10. The fourth-order valence-corrected chi connectivity index (χ4v) is 1.98. The number of nitro groups is 1. The minimum absolute atomic E-state index is 0.421. The summed E-state index contributed by atoms with van der Waals surface area (Å²) in [6.45, 7) is 0. The largest absolute Gasteiger partial charge is 0.416 e. The maximum Gasteiger partial charge on any atom is 0.416 e. The molecular formula is C9H4BrClF3NO3. The lowest BCUT2D eigenvalue weighted by molar-refractivity contribution is -0.386. The Balaban J connectivity index is 3.57. The van der Waals surface area contributed by atoms with Crippen molar-refractivity contribution in [2.24, 2.45) is 0 Å². The molecule has 0 aliphatic rings. The van der Waals surface area contributed by atoms with Gasteiger partial charge in [-0.15, -0.1) is 11.6 Å². The predicted octanol–water partition coefficient (Wildman–Crippen LogP) is 3.80. The second-order valence-corrected chi connectivity index (χ2v) is 4.29. The van der Waals surface area contributed by atoms with Gasteiger partial charge >= 0.3 is 6.18 Å². The number of hydrogen-bond donors (Lipinski definition) is 0. The van der Waals surface area contributed by atoms with Crippen LogP contribution in [-0.4, -0.2) is 16.6 Å². The number of carbonyl (C=O) groups excluding carboxylic acids is 1. The van der Waals surface area contributed by atoms with Crippen LogP contribution in [0.4, 0.5) is 18.9 Å². The van der Waals surface area contributed by atoms with E-state index in [2.05, 4.69) is 15.9 Å². The molecule has 0 aromatic heterocycles. The molecule has 0 atom stereocenters. The Morgan fingerprint density at radius 2 is 2.00 bits per heavy atom. The van der Waals surface area contributed by atoms with Crippen molar-refractivity contribution >= 4 is 39.0 Å². The standard InChI is InChI=1S/C9H4BrClF3NO3/c10-6-2-4(9(12,13)14)1-5(7(16)3-11)8(6)15(17)18/h1-2H,3H2.